The molecule has 3 atom stereocenters. The van der Waals surface area contributed by atoms with Crippen molar-refractivity contribution in [3.63, 3.8) is 0 Å². The summed E-state index contributed by atoms with van der Waals surface area (Å²) in [7, 11) is 0. The van der Waals surface area contributed by atoms with Crippen molar-refractivity contribution in [3.8, 4) is 12.1 Å². The summed E-state index contributed by atoms with van der Waals surface area (Å²) in [5, 5.41) is 22.1. The van der Waals surface area contributed by atoms with Gasteiger partial charge in [0.1, 0.15) is 12.4 Å². The van der Waals surface area contributed by atoms with Crippen molar-refractivity contribution < 1.29 is 14.6 Å². The van der Waals surface area contributed by atoms with E-state index < -0.39 is 12.1 Å². The highest BCUT2D eigenvalue weighted by Gasteiger charge is 2.53. The fraction of sp³-hybridized carbons (Fsp3) is 0.529. The molecular formula is C34H40ClN7O3. The lowest BCUT2D eigenvalue weighted by Gasteiger charge is -2.41. The third kappa shape index (κ3) is 5.50. The predicted molar refractivity (Wildman–Crippen MR) is 174 cm³/mol. The molecule has 1 N–H and O–H groups in total. The minimum Gasteiger partial charge on any atom is -0.465 e. The van der Waals surface area contributed by atoms with Crippen LogP contribution in [0.3, 0.4) is 0 Å². The fourth-order valence-electron chi connectivity index (χ4n) is 7.99. The molecule has 7 rings (SSSR count). The average Bonchev–Trinajstić information content (AvgIpc) is 3.74. The quantitative estimate of drug-likeness (QED) is 0.351. The molecule has 10 nitrogen and oxygen atoms in total. The van der Waals surface area contributed by atoms with Gasteiger partial charge in [0.25, 0.3) is 0 Å². The van der Waals surface area contributed by atoms with Gasteiger partial charge in [-0.05, 0) is 63.5 Å². The minimum absolute atomic E-state index is 0.0332. The molecule has 1 aliphatic carbocycles. The maximum absolute atomic E-state index is 11.9. The smallest absolute Gasteiger partial charge is 0.407 e. The number of nitriles is 1. The number of nitrogens with zero attached hydrogens (tertiary/aromatic N) is 7. The topological polar surface area (TPSA) is 109 Å². The first kappa shape index (κ1) is 29.9. The summed E-state index contributed by atoms with van der Waals surface area (Å²) in [6.07, 6.45) is 4.51. The molecule has 0 spiro atoms. The molecule has 11 heteroatoms. The Morgan fingerprint density at radius 1 is 1.09 bits per heavy atom. The van der Waals surface area contributed by atoms with Crippen LogP contribution in [0.25, 0.3) is 10.8 Å². The fourth-order valence-corrected chi connectivity index (χ4v) is 8.27. The second-order valence-electron chi connectivity index (χ2n) is 13.2. The van der Waals surface area contributed by atoms with E-state index in [0.717, 1.165) is 64.4 Å². The molecule has 2 aromatic carbocycles. The first-order valence-corrected chi connectivity index (χ1v) is 16.5. The maximum Gasteiger partial charge on any atom is 0.407 e. The lowest BCUT2D eigenvalue weighted by Crippen LogP contribution is -2.55. The first-order valence-electron chi connectivity index (χ1n) is 16.1. The molecule has 2 unspecified atom stereocenters. The molecule has 1 aromatic heterocycles. The molecular weight excluding hydrogens is 590 g/mol. The summed E-state index contributed by atoms with van der Waals surface area (Å²) in [6, 6.07) is 15.4. The van der Waals surface area contributed by atoms with Crippen LogP contribution in [0.1, 0.15) is 57.2 Å². The van der Waals surface area contributed by atoms with Gasteiger partial charge >= 0.3 is 12.1 Å². The summed E-state index contributed by atoms with van der Waals surface area (Å²) < 4.78 is 6.52. The van der Waals surface area contributed by atoms with Crippen LogP contribution in [0.2, 0.25) is 5.02 Å². The van der Waals surface area contributed by atoms with Crippen LogP contribution in [-0.2, 0) is 13.0 Å². The predicted octanol–water partition coefficient (Wildman–Crippen LogP) is 5.71. The summed E-state index contributed by atoms with van der Waals surface area (Å²) in [5.74, 6) is 0.798. The van der Waals surface area contributed by atoms with E-state index >= 15 is 0 Å². The molecule has 1 amide bonds. The zero-order chi connectivity index (χ0) is 31.3. The van der Waals surface area contributed by atoms with Crippen LogP contribution >= 0.6 is 11.6 Å². The molecule has 4 heterocycles. The number of aromatic nitrogens is 2. The number of likely N-dealkylation sites (tertiary alicyclic amines) is 1. The van der Waals surface area contributed by atoms with E-state index in [2.05, 4.69) is 58.9 Å². The molecule has 2 saturated heterocycles. The van der Waals surface area contributed by atoms with E-state index in [0.29, 0.717) is 50.9 Å². The van der Waals surface area contributed by atoms with Gasteiger partial charge < -0.3 is 24.5 Å². The van der Waals surface area contributed by atoms with Gasteiger partial charge in [-0.1, -0.05) is 35.9 Å². The van der Waals surface area contributed by atoms with E-state index in [4.69, 9.17) is 26.3 Å². The van der Waals surface area contributed by atoms with Crippen LogP contribution in [0.5, 0.6) is 6.01 Å². The van der Waals surface area contributed by atoms with Gasteiger partial charge in [-0.15, -0.1) is 0 Å². The largest absolute Gasteiger partial charge is 0.465 e. The van der Waals surface area contributed by atoms with Crippen molar-refractivity contribution in [2.45, 2.75) is 82.6 Å². The van der Waals surface area contributed by atoms with Crippen LogP contribution in [0.4, 0.5) is 16.3 Å². The number of hydrogen-bond acceptors (Lipinski definition) is 8. The van der Waals surface area contributed by atoms with Crippen LogP contribution in [0, 0.1) is 11.3 Å². The number of fused-ring (bicyclic) bond motifs is 2. The minimum atomic E-state index is -0.992. The Bertz CT molecular complexity index is 1640. The Kier molecular flexibility index (Phi) is 7.86. The number of carboxylic acid groups (broad SMARTS) is 1. The Hall–Kier alpha value is -3.81. The number of rotatable bonds is 7. The molecule has 45 heavy (non-hydrogen) atoms. The third-order valence-corrected chi connectivity index (χ3v) is 10.7. The number of ether oxygens (including phenoxy) is 1. The van der Waals surface area contributed by atoms with Crippen molar-refractivity contribution in [2.24, 2.45) is 0 Å². The average molecular weight is 630 g/mol. The number of amides is 1. The monoisotopic (exact) mass is 629 g/mol. The van der Waals surface area contributed by atoms with Gasteiger partial charge in [0.15, 0.2) is 0 Å². The summed E-state index contributed by atoms with van der Waals surface area (Å²) in [5.41, 5.74) is 3.08. The zero-order valence-corrected chi connectivity index (χ0v) is 26.7. The van der Waals surface area contributed by atoms with Gasteiger partial charge in [0, 0.05) is 54.9 Å². The SMILES string of the molecule is CC1CCC(C)N1C1(COc2nc3c(c(N4CCN(C(=O)O)[C@@H](CC#N)C4)n2)CCN(c2cccc4cccc(Cl)c24)C3)CC1. The van der Waals surface area contributed by atoms with Crippen molar-refractivity contribution in [3.05, 3.63) is 52.7 Å². The Morgan fingerprint density at radius 2 is 1.84 bits per heavy atom. The third-order valence-electron chi connectivity index (χ3n) is 10.3. The van der Waals surface area contributed by atoms with Gasteiger partial charge in [-0.3, -0.25) is 4.90 Å². The van der Waals surface area contributed by atoms with Gasteiger partial charge in [0.2, 0.25) is 0 Å². The summed E-state index contributed by atoms with van der Waals surface area (Å²) >= 11 is 6.72. The summed E-state index contributed by atoms with van der Waals surface area (Å²) in [6.45, 7) is 7.73. The number of benzene rings is 2. The normalized spacial score (nSPS) is 24.4. The number of piperazine rings is 1. The standard InChI is InChI=1S/C34H40ClN7O3/c1-22-9-10-23(2)42(22)34(13-14-34)21-45-32-37-28-20-39(29-8-4-6-24-5-3-7-27(35)30(24)29)16-12-26(28)31(38-32)40-17-18-41(33(43)44)25(19-40)11-15-36/h3-8,22-23,25H,9-14,16-21H2,1-2H3,(H,43,44)/t22?,23?,25-/m0/s1. The van der Waals surface area contributed by atoms with Gasteiger partial charge in [-0.25, -0.2) is 4.79 Å². The molecule has 3 aromatic rings. The molecule has 3 fully saturated rings. The van der Waals surface area contributed by atoms with Gasteiger partial charge in [-0.2, -0.15) is 15.2 Å². The maximum atomic E-state index is 11.9. The number of anilines is 2. The second-order valence-corrected chi connectivity index (χ2v) is 13.6. The number of carbonyl (C=O) groups is 1. The Morgan fingerprint density at radius 3 is 2.56 bits per heavy atom. The van der Waals surface area contributed by atoms with E-state index in [1.54, 1.807) is 0 Å². The second kappa shape index (κ2) is 11.8. The highest BCUT2D eigenvalue weighted by molar-refractivity contribution is 6.36. The number of hydrogen-bond donors (Lipinski definition) is 1. The molecule has 3 aliphatic heterocycles. The molecule has 236 valence electrons. The molecule has 1 saturated carbocycles. The van der Waals surface area contributed by atoms with E-state index in [9.17, 15) is 15.2 Å². The lowest BCUT2D eigenvalue weighted by molar-refractivity contribution is 0.0770. The molecule has 0 bridgehead atoms. The van der Waals surface area contributed by atoms with E-state index in [1.807, 2.05) is 12.1 Å². The van der Waals surface area contributed by atoms with E-state index in [-0.39, 0.29) is 12.0 Å². The Labute approximate surface area is 269 Å². The van der Waals surface area contributed by atoms with Crippen molar-refractivity contribution >= 4 is 40.0 Å². The summed E-state index contributed by atoms with van der Waals surface area (Å²) in [4.78, 5) is 30.5. The Balaban J connectivity index is 1.22. The van der Waals surface area contributed by atoms with Crippen LogP contribution in [0.15, 0.2) is 36.4 Å². The molecule has 4 aliphatic rings. The van der Waals surface area contributed by atoms with Crippen LogP contribution < -0.4 is 14.5 Å². The number of halogens is 1. The van der Waals surface area contributed by atoms with Gasteiger partial charge in [0.05, 0.1) is 41.3 Å². The van der Waals surface area contributed by atoms with Crippen molar-refractivity contribution in [2.75, 3.05) is 42.6 Å². The van der Waals surface area contributed by atoms with E-state index in [1.165, 1.54) is 17.7 Å². The highest BCUT2D eigenvalue weighted by Crippen LogP contribution is 2.48. The highest BCUT2D eigenvalue weighted by atomic mass is 35.5. The zero-order valence-electron chi connectivity index (χ0n) is 26.0. The first-order chi connectivity index (χ1) is 21.8. The lowest BCUT2D eigenvalue weighted by atomic mass is 10.0. The van der Waals surface area contributed by atoms with Crippen molar-refractivity contribution in [1.29, 1.82) is 5.26 Å². The van der Waals surface area contributed by atoms with Crippen LogP contribution in [-0.4, -0.2) is 87.4 Å². The van der Waals surface area contributed by atoms with Crippen molar-refractivity contribution in [1.82, 2.24) is 19.8 Å². The molecule has 0 radical (unpaired) electrons.